The van der Waals surface area contributed by atoms with Crippen LogP contribution < -0.4 is 5.32 Å². The zero-order chi connectivity index (χ0) is 17.0. The van der Waals surface area contributed by atoms with Crippen LogP contribution in [0.2, 0.25) is 0 Å². The summed E-state index contributed by atoms with van der Waals surface area (Å²) in [5.41, 5.74) is -0.0174. The highest BCUT2D eigenvalue weighted by molar-refractivity contribution is 5.92. The van der Waals surface area contributed by atoms with Crippen LogP contribution in [0, 0.1) is 5.92 Å². The minimum absolute atomic E-state index is 0.209. The number of amides is 1. The average molecular weight is 322 g/mol. The zero-order valence-electron chi connectivity index (χ0n) is 14.1. The number of carbonyl (C=O) groups excluding carboxylic acids is 1. The lowest BCUT2D eigenvalue weighted by Crippen LogP contribution is -2.44. The first kappa shape index (κ1) is 17.5. The number of carboxylic acids is 1. The molecule has 0 spiro atoms. The highest BCUT2D eigenvalue weighted by Gasteiger charge is 2.31. The van der Waals surface area contributed by atoms with Gasteiger partial charge in [-0.2, -0.15) is 0 Å². The molecule has 23 heavy (non-hydrogen) atoms. The number of hydrogen-bond donors (Lipinski definition) is 2. The van der Waals surface area contributed by atoms with E-state index in [1.807, 2.05) is 20.8 Å². The molecule has 1 aromatic heterocycles. The van der Waals surface area contributed by atoms with E-state index >= 15 is 0 Å². The molecule has 1 aliphatic rings. The maximum absolute atomic E-state index is 12.4. The minimum atomic E-state index is -0.840. The summed E-state index contributed by atoms with van der Waals surface area (Å²) >= 11 is 0. The highest BCUT2D eigenvalue weighted by Crippen LogP contribution is 2.25. The molecule has 1 aliphatic carbocycles. The van der Waals surface area contributed by atoms with E-state index in [-0.39, 0.29) is 23.1 Å². The molecular formula is C17H26N2O4. The van der Waals surface area contributed by atoms with E-state index in [0.717, 1.165) is 25.7 Å². The van der Waals surface area contributed by atoms with E-state index < -0.39 is 11.9 Å². The molecule has 2 N–H and O–H groups in total. The molecule has 0 bridgehead atoms. The summed E-state index contributed by atoms with van der Waals surface area (Å²) in [6.45, 7) is 5.93. The molecule has 0 radical (unpaired) electrons. The summed E-state index contributed by atoms with van der Waals surface area (Å²) in [4.78, 5) is 23.9. The minimum Gasteiger partial charge on any atom is -0.481 e. The normalized spacial score (nSPS) is 22.9. The molecule has 6 heteroatoms. The van der Waals surface area contributed by atoms with Crippen LogP contribution in [0.15, 0.2) is 10.6 Å². The molecule has 128 valence electrons. The van der Waals surface area contributed by atoms with Crippen molar-refractivity contribution in [3.8, 4) is 0 Å². The van der Waals surface area contributed by atoms with E-state index in [0.29, 0.717) is 18.6 Å². The van der Waals surface area contributed by atoms with Crippen molar-refractivity contribution in [2.75, 3.05) is 0 Å². The average Bonchev–Trinajstić information content (AvgIpc) is 2.91. The third-order valence-electron chi connectivity index (χ3n) is 4.38. The van der Waals surface area contributed by atoms with Crippen molar-refractivity contribution in [1.29, 1.82) is 0 Å². The lowest BCUT2D eigenvalue weighted by atomic mass is 9.86. The van der Waals surface area contributed by atoms with E-state index in [2.05, 4.69) is 10.5 Å². The van der Waals surface area contributed by atoms with Gasteiger partial charge in [0.15, 0.2) is 5.69 Å². The van der Waals surface area contributed by atoms with Gasteiger partial charge in [-0.05, 0) is 12.8 Å². The van der Waals surface area contributed by atoms with Gasteiger partial charge in [-0.1, -0.05) is 51.6 Å². The number of nitrogens with one attached hydrogen (secondary N) is 1. The smallest absolute Gasteiger partial charge is 0.308 e. The largest absolute Gasteiger partial charge is 0.481 e. The quantitative estimate of drug-likeness (QED) is 0.892. The van der Waals surface area contributed by atoms with Crippen LogP contribution in [-0.4, -0.2) is 28.2 Å². The Kier molecular flexibility index (Phi) is 5.44. The molecule has 1 aromatic rings. The Balaban J connectivity index is 2.09. The molecule has 6 nitrogen and oxygen atoms in total. The molecule has 0 saturated heterocycles. The summed E-state index contributed by atoms with van der Waals surface area (Å²) in [5, 5.41) is 16.1. The molecule has 0 aromatic carbocycles. The van der Waals surface area contributed by atoms with Crippen molar-refractivity contribution < 1.29 is 19.2 Å². The lowest BCUT2D eigenvalue weighted by Gasteiger charge is -2.26. The number of carboxylic acid groups (broad SMARTS) is 1. The van der Waals surface area contributed by atoms with Gasteiger partial charge in [0, 0.05) is 17.5 Å². The fourth-order valence-electron chi connectivity index (χ4n) is 2.93. The van der Waals surface area contributed by atoms with Crippen LogP contribution in [0.3, 0.4) is 0 Å². The van der Waals surface area contributed by atoms with Gasteiger partial charge in [-0.3, -0.25) is 9.59 Å². The van der Waals surface area contributed by atoms with Crippen molar-refractivity contribution in [3.63, 3.8) is 0 Å². The van der Waals surface area contributed by atoms with Crippen molar-refractivity contribution in [1.82, 2.24) is 10.5 Å². The standard InChI is InChI=1S/C17H26N2O4/c1-17(2,3)14-10-13(19-23-14)15(20)18-12-9-7-5-4-6-8-11(12)16(21)22/h10-12H,4-9H2,1-3H3,(H,18,20)(H,21,22). The third-order valence-corrected chi connectivity index (χ3v) is 4.38. The van der Waals surface area contributed by atoms with Crippen LogP contribution in [0.5, 0.6) is 0 Å². The molecule has 2 atom stereocenters. The van der Waals surface area contributed by atoms with Gasteiger partial charge in [0.2, 0.25) is 0 Å². The second kappa shape index (κ2) is 7.15. The number of nitrogens with zero attached hydrogens (tertiary/aromatic N) is 1. The molecule has 1 saturated carbocycles. The fraction of sp³-hybridized carbons (Fsp3) is 0.706. The Labute approximate surface area is 136 Å². The van der Waals surface area contributed by atoms with E-state index in [1.165, 1.54) is 0 Å². The summed E-state index contributed by atoms with van der Waals surface area (Å²) < 4.78 is 5.23. The fourth-order valence-corrected chi connectivity index (χ4v) is 2.93. The third kappa shape index (κ3) is 4.56. The molecule has 1 amide bonds. The SMILES string of the molecule is CC(C)(C)c1cc(C(=O)NC2CCCCCCC2C(=O)O)no1. The van der Waals surface area contributed by atoms with Crippen molar-refractivity contribution in [3.05, 3.63) is 17.5 Å². The van der Waals surface area contributed by atoms with Gasteiger partial charge in [0.25, 0.3) is 5.91 Å². The highest BCUT2D eigenvalue weighted by atomic mass is 16.5. The molecule has 0 aliphatic heterocycles. The lowest BCUT2D eigenvalue weighted by molar-refractivity contribution is -0.143. The number of aromatic nitrogens is 1. The molecule has 1 heterocycles. The molecule has 2 unspecified atom stereocenters. The van der Waals surface area contributed by atoms with Gasteiger partial charge >= 0.3 is 5.97 Å². The zero-order valence-corrected chi connectivity index (χ0v) is 14.1. The maximum Gasteiger partial charge on any atom is 0.308 e. The first-order chi connectivity index (χ1) is 10.8. The topological polar surface area (TPSA) is 92.4 Å². The van der Waals surface area contributed by atoms with Crippen molar-refractivity contribution in [2.24, 2.45) is 5.92 Å². The Morgan fingerprint density at radius 3 is 2.43 bits per heavy atom. The second-order valence-electron chi connectivity index (χ2n) is 7.34. The van der Waals surface area contributed by atoms with Crippen LogP contribution in [0.1, 0.15) is 75.5 Å². The van der Waals surface area contributed by atoms with Gasteiger partial charge in [0.05, 0.1) is 5.92 Å². The van der Waals surface area contributed by atoms with Gasteiger partial charge in [0.1, 0.15) is 5.76 Å². The molecule has 1 fully saturated rings. The second-order valence-corrected chi connectivity index (χ2v) is 7.34. The monoisotopic (exact) mass is 322 g/mol. The maximum atomic E-state index is 12.4. The van der Waals surface area contributed by atoms with Crippen molar-refractivity contribution >= 4 is 11.9 Å². The van der Waals surface area contributed by atoms with E-state index in [4.69, 9.17) is 4.52 Å². The van der Waals surface area contributed by atoms with E-state index in [9.17, 15) is 14.7 Å². The number of aliphatic carboxylic acids is 1. The molecular weight excluding hydrogens is 296 g/mol. The van der Waals surface area contributed by atoms with Crippen LogP contribution >= 0.6 is 0 Å². The predicted molar refractivity (Wildman–Crippen MR) is 85.3 cm³/mol. The Bertz CT molecular complexity index is 559. The first-order valence-electron chi connectivity index (χ1n) is 8.30. The number of rotatable bonds is 3. The van der Waals surface area contributed by atoms with Gasteiger partial charge < -0.3 is 14.9 Å². The van der Waals surface area contributed by atoms with Gasteiger partial charge in [-0.25, -0.2) is 0 Å². The Morgan fingerprint density at radius 1 is 1.22 bits per heavy atom. The summed E-state index contributed by atoms with van der Waals surface area (Å²) in [6, 6.07) is 1.28. The molecule has 2 rings (SSSR count). The van der Waals surface area contributed by atoms with Crippen LogP contribution in [0.4, 0.5) is 0 Å². The van der Waals surface area contributed by atoms with Crippen LogP contribution in [0.25, 0.3) is 0 Å². The van der Waals surface area contributed by atoms with Crippen molar-refractivity contribution in [2.45, 2.75) is 70.8 Å². The Hall–Kier alpha value is -1.85. The first-order valence-corrected chi connectivity index (χ1v) is 8.30. The predicted octanol–water partition coefficient (Wildman–Crippen LogP) is 3.13. The summed E-state index contributed by atoms with van der Waals surface area (Å²) in [5.74, 6) is -1.10. The summed E-state index contributed by atoms with van der Waals surface area (Å²) in [7, 11) is 0. The van der Waals surface area contributed by atoms with Gasteiger partial charge in [-0.15, -0.1) is 0 Å². The number of hydrogen-bond acceptors (Lipinski definition) is 4. The van der Waals surface area contributed by atoms with E-state index in [1.54, 1.807) is 6.07 Å². The van der Waals surface area contributed by atoms with Crippen LogP contribution in [-0.2, 0) is 10.2 Å². The number of carbonyl (C=O) groups is 2. The Morgan fingerprint density at radius 2 is 1.87 bits per heavy atom. The summed E-state index contributed by atoms with van der Waals surface area (Å²) in [6.07, 6.45) is 5.25.